The monoisotopic (exact) mass is 380 g/mol. The van der Waals surface area contributed by atoms with Crippen molar-refractivity contribution >= 4 is 6.09 Å². The Hall–Kier alpha value is -2.33. The third kappa shape index (κ3) is 5.83. The molecule has 1 saturated heterocycles. The Labute approximate surface area is 168 Å². The summed E-state index contributed by atoms with van der Waals surface area (Å²) in [6.07, 6.45) is 1.81. The third-order valence-corrected chi connectivity index (χ3v) is 5.13. The van der Waals surface area contributed by atoms with Gasteiger partial charge in [-0.3, -0.25) is 4.90 Å². The first kappa shape index (κ1) is 20.4. The molecule has 1 amide bonds. The van der Waals surface area contributed by atoms with Crippen LogP contribution in [0.15, 0.2) is 60.7 Å². The lowest BCUT2D eigenvalue weighted by Gasteiger charge is -2.29. The fourth-order valence-corrected chi connectivity index (χ4v) is 3.91. The number of hydrogen-bond donors (Lipinski definition) is 1. The van der Waals surface area contributed by atoms with Crippen LogP contribution in [0.25, 0.3) is 0 Å². The summed E-state index contributed by atoms with van der Waals surface area (Å²) in [5.74, 6) is 0.588. The molecule has 1 N–H and O–H groups in total. The van der Waals surface area contributed by atoms with Gasteiger partial charge < -0.3 is 10.1 Å². The number of likely N-dealkylation sites (tertiary alicyclic amines) is 1. The first-order chi connectivity index (χ1) is 13.4. The van der Waals surface area contributed by atoms with Crippen LogP contribution in [-0.4, -0.2) is 36.2 Å². The molecule has 1 aliphatic rings. The highest BCUT2D eigenvalue weighted by Gasteiger charge is 2.30. The van der Waals surface area contributed by atoms with Gasteiger partial charge in [-0.1, -0.05) is 60.7 Å². The predicted octanol–water partition coefficient (Wildman–Crippen LogP) is 5.01. The van der Waals surface area contributed by atoms with Gasteiger partial charge in [0.2, 0.25) is 0 Å². The molecule has 150 valence electrons. The molecule has 0 saturated carbocycles. The van der Waals surface area contributed by atoms with Gasteiger partial charge in [-0.15, -0.1) is 0 Å². The normalized spacial score (nSPS) is 17.6. The van der Waals surface area contributed by atoms with E-state index < -0.39 is 5.60 Å². The maximum atomic E-state index is 11.8. The lowest BCUT2D eigenvalue weighted by atomic mass is 9.97. The Balaban J connectivity index is 1.58. The Kier molecular flexibility index (Phi) is 6.74. The number of nitrogens with one attached hydrogen (secondary N) is 1. The van der Waals surface area contributed by atoms with Crippen LogP contribution in [0.1, 0.15) is 50.8 Å². The maximum Gasteiger partial charge on any atom is 0.407 e. The first-order valence-electron chi connectivity index (χ1n) is 10.2. The SMILES string of the molecule is CC(C)(C)OC(=O)NCCC1CCN(C(c2ccccc2)c2ccccc2)C1. The average Bonchev–Trinajstić information content (AvgIpc) is 3.10. The van der Waals surface area contributed by atoms with E-state index in [0.717, 1.165) is 25.9 Å². The second kappa shape index (κ2) is 9.24. The van der Waals surface area contributed by atoms with E-state index >= 15 is 0 Å². The molecule has 0 radical (unpaired) electrons. The van der Waals surface area contributed by atoms with E-state index in [0.29, 0.717) is 12.5 Å². The first-order valence-corrected chi connectivity index (χ1v) is 10.2. The summed E-state index contributed by atoms with van der Waals surface area (Å²) < 4.78 is 5.32. The van der Waals surface area contributed by atoms with Crippen molar-refractivity contribution < 1.29 is 9.53 Å². The van der Waals surface area contributed by atoms with E-state index in [9.17, 15) is 4.79 Å². The molecular formula is C24H32N2O2. The van der Waals surface area contributed by atoms with E-state index in [1.54, 1.807) is 0 Å². The zero-order valence-corrected chi connectivity index (χ0v) is 17.2. The van der Waals surface area contributed by atoms with Gasteiger partial charge in [0, 0.05) is 13.1 Å². The minimum absolute atomic E-state index is 0.284. The van der Waals surface area contributed by atoms with E-state index in [2.05, 4.69) is 70.9 Å². The molecule has 1 atom stereocenters. The van der Waals surface area contributed by atoms with Crippen molar-refractivity contribution in [2.24, 2.45) is 5.92 Å². The molecule has 0 spiro atoms. The smallest absolute Gasteiger partial charge is 0.407 e. The molecule has 3 rings (SSSR count). The molecule has 1 fully saturated rings. The van der Waals surface area contributed by atoms with Crippen LogP contribution < -0.4 is 5.32 Å². The van der Waals surface area contributed by atoms with Gasteiger partial charge in [0.1, 0.15) is 5.60 Å². The lowest BCUT2D eigenvalue weighted by Crippen LogP contribution is -2.34. The molecule has 0 aromatic heterocycles. The van der Waals surface area contributed by atoms with Crippen molar-refractivity contribution in [3.63, 3.8) is 0 Å². The average molecular weight is 381 g/mol. The quantitative estimate of drug-likeness (QED) is 0.766. The number of nitrogens with zero attached hydrogens (tertiary/aromatic N) is 1. The minimum atomic E-state index is -0.452. The summed E-state index contributed by atoms with van der Waals surface area (Å²) >= 11 is 0. The van der Waals surface area contributed by atoms with E-state index in [-0.39, 0.29) is 12.1 Å². The fraction of sp³-hybridized carbons (Fsp3) is 0.458. The van der Waals surface area contributed by atoms with Crippen molar-refractivity contribution in [2.75, 3.05) is 19.6 Å². The van der Waals surface area contributed by atoms with Gasteiger partial charge in [0.25, 0.3) is 0 Å². The molecule has 1 unspecified atom stereocenters. The van der Waals surface area contributed by atoms with Crippen LogP contribution in [0.5, 0.6) is 0 Å². The van der Waals surface area contributed by atoms with Crippen molar-refractivity contribution in [3.05, 3.63) is 71.8 Å². The van der Waals surface area contributed by atoms with Gasteiger partial charge in [0.05, 0.1) is 6.04 Å². The Morgan fingerprint density at radius 1 is 1.07 bits per heavy atom. The largest absolute Gasteiger partial charge is 0.444 e. The number of amides is 1. The minimum Gasteiger partial charge on any atom is -0.444 e. The van der Waals surface area contributed by atoms with Crippen LogP contribution in [0.3, 0.4) is 0 Å². The summed E-state index contributed by atoms with van der Waals surface area (Å²) in [6, 6.07) is 21.8. The van der Waals surface area contributed by atoms with Crippen LogP contribution in [0, 0.1) is 5.92 Å². The van der Waals surface area contributed by atoms with Gasteiger partial charge >= 0.3 is 6.09 Å². The third-order valence-electron chi connectivity index (χ3n) is 5.13. The second-order valence-corrected chi connectivity index (χ2v) is 8.59. The summed E-state index contributed by atoms with van der Waals surface area (Å²) in [5, 5.41) is 2.89. The zero-order chi connectivity index (χ0) is 20.0. The molecule has 4 nitrogen and oxygen atoms in total. The van der Waals surface area contributed by atoms with Gasteiger partial charge in [-0.05, 0) is 57.2 Å². The highest BCUT2D eigenvalue weighted by Crippen LogP contribution is 2.33. The number of carbonyl (C=O) groups is 1. The van der Waals surface area contributed by atoms with Crippen LogP contribution in [-0.2, 0) is 4.74 Å². The molecule has 0 bridgehead atoms. The van der Waals surface area contributed by atoms with Crippen molar-refractivity contribution in [2.45, 2.75) is 45.3 Å². The van der Waals surface area contributed by atoms with Gasteiger partial charge in [0.15, 0.2) is 0 Å². The molecular weight excluding hydrogens is 348 g/mol. The highest BCUT2D eigenvalue weighted by molar-refractivity contribution is 5.67. The van der Waals surface area contributed by atoms with Gasteiger partial charge in [-0.25, -0.2) is 4.79 Å². The van der Waals surface area contributed by atoms with Crippen LogP contribution in [0.4, 0.5) is 4.79 Å². The summed E-state index contributed by atoms with van der Waals surface area (Å²) in [4.78, 5) is 14.4. The van der Waals surface area contributed by atoms with Crippen LogP contribution in [0.2, 0.25) is 0 Å². The van der Waals surface area contributed by atoms with Crippen molar-refractivity contribution in [1.29, 1.82) is 0 Å². The predicted molar refractivity (Wildman–Crippen MR) is 113 cm³/mol. The topological polar surface area (TPSA) is 41.6 Å². The summed E-state index contributed by atoms with van der Waals surface area (Å²) in [7, 11) is 0. The summed E-state index contributed by atoms with van der Waals surface area (Å²) in [5.41, 5.74) is 2.22. The fourth-order valence-electron chi connectivity index (χ4n) is 3.91. The number of ether oxygens (including phenoxy) is 1. The number of hydrogen-bond acceptors (Lipinski definition) is 3. The number of alkyl carbamates (subject to hydrolysis) is 1. The van der Waals surface area contributed by atoms with E-state index in [1.165, 1.54) is 11.1 Å². The molecule has 4 heteroatoms. The molecule has 1 aliphatic heterocycles. The Morgan fingerprint density at radius 3 is 2.18 bits per heavy atom. The van der Waals surface area contributed by atoms with Crippen molar-refractivity contribution in [1.82, 2.24) is 10.2 Å². The standard InChI is InChI=1S/C24H32N2O2/c1-24(2,3)28-23(27)25-16-14-19-15-17-26(18-19)22(20-10-6-4-7-11-20)21-12-8-5-9-13-21/h4-13,19,22H,14-18H2,1-3H3,(H,25,27). The molecule has 2 aromatic rings. The second-order valence-electron chi connectivity index (χ2n) is 8.59. The molecule has 2 aromatic carbocycles. The van der Waals surface area contributed by atoms with Crippen LogP contribution >= 0.6 is 0 Å². The number of carbonyl (C=O) groups excluding carboxylic acids is 1. The molecule has 0 aliphatic carbocycles. The number of rotatable bonds is 6. The van der Waals surface area contributed by atoms with Gasteiger partial charge in [-0.2, -0.15) is 0 Å². The molecule has 1 heterocycles. The maximum absolute atomic E-state index is 11.8. The van der Waals surface area contributed by atoms with Crippen molar-refractivity contribution in [3.8, 4) is 0 Å². The zero-order valence-electron chi connectivity index (χ0n) is 17.2. The summed E-state index contributed by atoms with van der Waals surface area (Å²) in [6.45, 7) is 8.43. The highest BCUT2D eigenvalue weighted by atomic mass is 16.6. The van der Waals surface area contributed by atoms with E-state index in [1.807, 2.05) is 20.8 Å². The molecule has 28 heavy (non-hydrogen) atoms. The Morgan fingerprint density at radius 2 is 1.64 bits per heavy atom. The van der Waals surface area contributed by atoms with E-state index in [4.69, 9.17) is 4.74 Å². The number of benzene rings is 2. The Bertz CT molecular complexity index is 701. The lowest BCUT2D eigenvalue weighted by molar-refractivity contribution is 0.0525.